The van der Waals surface area contributed by atoms with Crippen LogP contribution in [0.4, 0.5) is 0 Å². The van der Waals surface area contributed by atoms with E-state index in [1.807, 2.05) is 0 Å². The van der Waals surface area contributed by atoms with Crippen molar-refractivity contribution in [2.45, 2.75) is 257 Å². The van der Waals surface area contributed by atoms with Gasteiger partial charge in [-0.1, -0.05) is 213 Å². The number of carboxylic acids is 3. The van der Waals surface area contributed by atoms with Gasteiger partial charge in [0.15, 0.2) is 0 Å². The fraction of sp³-hybridized carbons (Fsp3) is 0.935. The highest BCUT2D eigenvalue weighted by atomic mass is 16.4. The molecule has 0 rings (SSSR count). The summed E-state index contributed by atoms with van der Waals surface area (Å²) in [6.45, 7) is 5.53. The number of carboxylic acid groups (broad SMARTS) is 3. The molecule has 338 valence electrons. The quantitative estimate of drug-likeness (QED) is 0.0293. The van der Waals surface area contributed by atoms with Crippen LogP contribution in [0.5, 0.6) is 0 Å². The van der Waals surface area contributed by atoms with Crippen LogP contribution in [0.2, 0.25) is 0 Å². The Morgan fingerprint density at radius 2 is 0.464 bits per heavy atom. The molecule has 0 spiro atoms. The average Bonchev–Trinajstić information content (AvgIpc) is 3.18. The fourth-order valence-electron chi connectivity index (χ4n) is 5.97. The van der Waals surface area contributed by atoms with Crippen molar-refractivity contribution < 1.29 is 45.0 Å². The molecule has 0 amide bonds. The topological polar surface area (TPSA) is 199 Å². The molecule has 0 aliphatic heterocycles. The van der Waals surface area contributed by atoms with Crippen molar-refractivity contribution in [2.75, 3.05) is 19.8 Å². The number of nitrogens with two attached hydrogens (primary N) is 1. The van der Waals surface area contributed by atoms with E-state index in [-0.39, 0.29) is 0 Å². The summed E-state index contributed by atoms with van der Waals surface area (Å²) < 4.78 is 0. The van der Waals surface area contributed by atoms with Crippen LogP contribution in [-0.2, 0) is 14.4 Å². The van der Waals surface area contributed by atoms with E-state index in [1.165, 1.54) is 173 Å². The summed E-state index contributed by atoms with van der Waals surface area (Å²) in [7, 11) is 0. The lowest BCUT2D eigenvalue weighted by molar-refractivity contribution is -0.138. The van der Waals surface area contributed by atoms with Crippen LogP contribution in [0.15, 0.2) is 0 Å². The smallest absolute Gasteiger partial charge is 0.303 e. The largest absolute Gasteiger partial charge is 0.481 e. The standard InChI is InChI=1S/3C14H28O2.C4H11NO3/c3*1-2-3-4-5-6-7-8-9-10-11-12-13-14(15)16;5-4(1-6,2-7)3-8/h3*2-13H2,1H3,(H,15,16);6-8H,1-3,5H2. The molecule has 0 atom stereocenters. The van der Waals surface area contributed by atoms with Crippen LogP contribution in [0.3, 0.4) is 0 Å². The van der Waals surface area contributed by atoms with Gasteiger partial charge in [-0.05, 0) is 19.3 Å². The molecule has 0 bridgehead atoms. The molecule has 0 heterocycles. The number of carbonyl (C=O) groups is 3. The van der Waals surface area contributed by atoms with Gasteiger partial charge >= 0.3 is 17.9 Å². The van der Waals surface area contributed by atoms with Crippen LogP contribution in [0, 0.1) is 0 Å². The van der Waals surface area contributed by atoms with Gasteiger partial charge in [-0.2, -0.15) is 0 Å². The highest BCUT2D eigenvalue weighted by Gasteiger charge is 2.20. The minimum absolute atomic E-state index is 0.344. The molecule has 0 fully saturated rings. The fourth-order valence-corrected chi connectivity index (χ4v) is 5.97. The van der Waals surface area contributed by atoms with Gasteiger partial charge in [-0.25, -0.2) is 0 Å². The Morgan fingerprint density at radius 3 is 0.571 bits per heavy atom. The number of hydrogen-bond donors (Lipinski definition) is 7. The molecular weight excluding hydrogens is 711 g/mol. The van der Waals surface area contributed by atoms with E-state index >= 15 is 0 Å². The van der Waals surface area contributed by atoms with E-state index in [9.17, 15) is 14.4 Å². The maximum absolute atomic E-state index is 10.3. The summed E-state index contributed by atoms with van der Waals surface area (Å²) in [6.07, 6.45) is 43.1. The van der Waals surface area contributed by atoms with Gasteiger partial charge in [-0.3, -0.25) is 14.4 Å². The number of aliphatic carboxylic acids is 3. The normalized spacial score (nSPS) is 10.8. The zero-order chi connectivity index (χ0) is 42.8. The number of aliphatic hydroxyl groups excluding tert-OH is 3. The number of unbranched alkanes of at least 4 members (excludes halogenated alkanes) is 30. The van der Waals surface area contributed by atoms with Crippen molar-refractivity contribution in [2.24, 2.45) is 5.73 Å². The molecule has 0 radical (unpaired) electrons. The Morgan fingerprint density at radius 1 is 0.321 bits per heavy atom. The van der Waals surface area contributed by atoms with Crippen LogP contribution < -0.4 is 5.73 Å². The van der Waals surface area contributed by atoms with Crippen molar-refractivity contribution in [3.8, 4) is 0 Å². The molecule has 0 aromatic heterocycles. The molecule has 0 saturated heterocycles. The Labute approximate surface area is 345 Å². The lowest BCUT2D eigenvalue weighted by Crippen LogP contribution is -2.50. The maximum Gasteiger partial charge on any atom is 0.303 e. The second kappa shape index (κ2) is 53.2. The van der Waals surface area contributed by atoms with E-state index in [2.05, 4.69) is 20.8 Å². The third-order valence-corrected chi connectivity index (χ3v) is 9.93. The highest BCUT2D eigenvalue weighted by molar-refractivity contribution is 5.67. The predicted octanol–water partition coefficient (Wildman–Crippen LogP) is 12.0. The van der Waals surface area contributed by atoms with Crippen LogP contribution in [0.1, 0.15) is 252 Å². The molecule has 0 aromatic carbocycles. The van der Waals surface area contributed by atoms with Crippen molar-refractivity contribution in [1.82, 2.24) is 0 Å². The highest BCUT2D eigenvalue weighted by Crippen LogP contribution is 2.14. The number of rotatable bonds is 39. The minimum Gasteiger partial charge on any atom is -0.481 e. The van der Waals surface area contributed by atoms with Gasteiger partial charge in [0.05, 0.1) is 25.4 Å². The molecular formula is C46H95NO9. The Hall–Kier alpha value is -1.75. The Bertz CT molecular complexity index is 684. The number of hydrogen-bond acceptors (Lipinski definition) is 7. The molecule has 0 unspecified atom stereocenters. The lowest BCUT2D eigenvalue weighted by atomic mass is 10.1. The zero-order valence-electron chi connectivity index (χ0n) is 37.1. The van der Waals surface area contributed by atoms with Gasteiger partial charge in [0, 0.05) is 19.3 Å². The lowest BCUT2D eigenvalue weighted by Gasteiger charge is -2.20. The summed E-state index contributed by atoms with van der Waals surface area (Å²) in [5.41, 5.74) is 3.94. The molecule has 0 aliphatic carbocycles. The van der Waals surface area contributed by atoms with Crippen LogP contribution >= 0.6 is 0 Å². The Kier molecular flexibility index (Phi) is 57.9. The van der Waals surface area contributed by atoms with Gasteiger partial charge < -0.3 is 36.4 Å². The van der Waals surface area contributed by atoms with Gasteiger partial charge in [0.1, 0.15) is 0 Å². The number of aliphatic hydroxyl groups is 3. The molecule has 0 aromatic rings. The molecule has 0 saturated carbocycles. The first-order valence-corrected chi connectivity index (χ1v) is 23.3. The first kappa shape index (κ1) is 60.9. The van der Waals surface area contributed by atoms with Gasteiger partial charge in [-0.15, -0.1) is 0 Å². The van der Waals surface area contributed by atoms with Crippen LogP contribution in [-0.4, -0.2) is 73.9 Å². The van der Waals surface area contributed by atoms with Crippen molar-refractivity contribution in [1.29, 1.82) is 0 Å². The van der Waals surface area contributed by atoms with Crippen molar-refractivity contribution in [3.63, 3.8) is 0 Å². The van der Waals surface area contributed by atoms with E-state index in [1.54, 1.807) is 0 Å². The maximum atomic E-state index is 10.3. The monoisotopic (exact) mass is 806 g/mol. The third-order valence-electron chi connectivity index (χ3n) is 9.93. The van der Waals surface area contributed by atoms with Gasteiger partial charge in [0.2, 0.25) is 0 Å². The Balaban J connectivity index is -0.000000330. The summed E-state index contributed by atoms with van der Waals surface area (Å²) in [5.74, 6) is -1.97. The van der Waals surface area contributed by atoms with E-state index < -0.39 is 43.3 Å². The second-order valence-electron chi connectivity index (χ2n) is 15.9. The first-order chi connectivity index (χ1) is 27.0. The SMILES string of the molecule is CCCCCCCCCCCCCC(=O)O.CCCCCCCCCCCCCC(=O)O.CCCCCCCCCCCCCC(=O)O.NC(CO)(CO)CO. The summed E-state index contributed by atoms with van der Waals surface area (Å²) in [4.78, 5) is 30.8. The second-order valence-corrected chi connectivity index (χ2v) is 15.9. The predicted molar refractivity (Wildman–Crippen MR) is 234 cm³/mol. The molecule has 10 nitrogen and oxygen atoms in total. The van der Waals surface area contributed by atoms with E-state index in [4.69, 9.17) is 36.4 Å². The summed E-state index contributed by atoms with van der Waals surface area (Å²) >= 11 is 0. The van der Waals surface area contributed by atoms with E-state index in [0.29, 0.717) is 19.3 Å². The third kappa shape index (κ3) is 64.2. The summed E-state index contributed by atoms with van der Waals surface area (Å²) in [6, 6.07) is 0. The average molecular weight is 806 g/mol. The molecule has 8 N–H and O–H groups in total. The zero-order valence-corrected chi connectivity index (χ0v) is 37.1. The van der Waals surface area contributed by atoms with Crippen molar-refractivity contribution >= 4 is 17.9 Å². The molecule has 10 heteroatoms. The molecule has 0 aliphatic rings. The van der Waals surface area contributed by atoms with Gasteiger partial charge in [0.25, 0.3) is 0 Å². The minimum atomic E-state index is -1.21. The van der Waals surface area contributed by atoms with Crippen molar-refractivity contribution in [3.05, 3.63) is 0 Å². The molecule has 56 heavy (non-hydrogen) atoms. The first-order valence-electron chi connectivity index (χ1n) is 23.3. The summed E-state index contributed by atoms with van der Waals surface area (Å²) in [5, 5.41) is 50.4. The van der Waals surface area contributed by atoms with Crippen LogP contribution in [0.25, 0.3) is 0 Å². The van der Waals surface area contributed by atoms with E-state index in [0.717, 1.165) is 38.5 Å².